The van der Waals surface area contributed by atoms with E-state index in [1.807, 2.05) is 13.8 Å². The number of nitrogens with two attached hydrogens (primary N) is 1. The largest absolute Gasteiger partial charge is 0.318 e. The van der Waals surface area contributed by atoms with E-state index in [4.69, 9.17) is 5.73 Å². The number of rotatable bonds is 3. The van der Waals surface area contributed by atoms with Crippen molar-refractivity contribution in [3.8, 4) is 0 Å². The molecule has 0 saturated heterocycles. The average molecular weight is 181 g/mol. The van der Waals surface area contributed by atoms with E-state index in [-0.39, 0.29) is 11.7 Å². The summed E-state index contributed by atoms with van der Waals surface area (Å²) in [5, 5.41) is 3.96. The van der Waals surface area contributed by atoms with Crippen LogP contribution in [0.1, 0.15) is 25.5 Å². The van der Waals surface area contributed by atoms with E-state index in [0.717, 1.165) is 5.56 Å². The van der Waals surface area contributed by atoms with Gasteiger partial charge >= 0.3 is 0 Å². The topological polar surface area (TPSA) is 60.9 Å². The molecule has 1 heterocycles. The summed E-state index contributed by atoms with van der Waals surface area (Å²) in [5.74, 6) is 0.0169. The second-order valence-corrected chi connectivity index (χ2v) is 3.48. The van der Waals surface area contributed by atoms with Gasteiger partial charge in [-0.05, 0) is 0 Å². The van der Waals surface area contributed by atoms with Crippen LogP contribution in [0.15, 0.2) is 12.4 Å². The normalized spacial score (nSPS) is 13.3. The van der Waals surface area contributed by atoms with Crippen molar-refractivity contribution >= 4 is 5.78 Å². The zero-order chi connectivity index (χ0) is 10.0. The molecule has 0 radical (unpaired) electrons. The fourth-order valence-corrected chi connectivity index (χ4v) is 1.12. The van der Waals surface area contributed by atoms with Gasteiger partial charge in [0.25, 0.3) is 0 Å². The van der Waals surface area contributed by atoms with E-state index < -0.39 is 6.04 Å². The van der Waals surface area contributed by atoms with Gasteiger partial charge in [0, 0.05) is 24.7 Å². The van der Waals surface area contributed by atoms with E-state index in [9.17, 15) is 4.79 Å². The fourth-order valence-electron chi connectivity index (χ4n) is 1.12. The van der Waals surface area contributed by atoms with Gasteiger partial charge in [-0.15, -0.1) is 0 Å². The maximum absolute atomic E-state index is 11.5. The Morgan fingerprint density at radius 3 is 2.62 bits per heavy atom. The molecular formula is C9H15N3O. The van der Waals surface area contributed by atoms with E-state index in [1.165, 1.54) is 0 Å². The van der Waals surface area contributed by atoms with Crippen LogP contribution in [-0.4, -0.2) is 15.6 Å². The second kappa shape index (κ2) is 3.70. The third kappa shape index (κ3) is 2.15. The van der Waals surface area contributed by atoms with E-state index in [2.05, 4.69) is 5.10 Å². The maximum atomic E-state index is 11.5. The van der Waals surface area contributed by atoms with Crippen LogP contribution in [0.4, 0.5) is 0 Å². The molecule has 13 heavy (non-hydrogen) atoms. The number of carbonyl (C=O) groups excluding carboxylic acids is 1. The minimum atomic E-state index is -0.534. The van der Waals surface area contributed by atoms with Crippen molar-refractivity contribution in [2.24, 2.45) is 18.7 Å². The van der Waals surface area contributed by atoms with Crippen LogP contribution in [0.3, 0.4) is 0 Å². The number of aryl methyl sites for hydroxylation is 1. The van der Waals surface area contributed by atoms with Crippen LogP contribution in [-0.2, 0) is 11.8 Å². The van der Waals surface area contributed by atoms with Gasteiger partial charge < -0.3 is 5.73 Å². The smallest absolute Gasteiger partial charge is 0.156 e. The standard InChI is InChI=1S/C9H15N3O/c1-6(2)9(13)8(10)7-4-11-12(3)5-7/h4-6,8H,10H2,1-3H3. The molecule has 0 bridgehead atoms. The third-order valence-corrected chi connectivity index (χ3v) is 1.96. The predicted octanol–water partition coefficient (Wildman–Crippen LogP) is 0.645. The minimum absolute atomic E-state index is 0.0322. The molecule has 4 heteroatoms. The quantitative estimate of drug-likeness (QED) is 0.744. The first-order chi connectivity index (χ1) is 6.02. The molecule has 0 fully saturated rings. The fraction of sp³-hybridized carbons (Fsp3) is 0.556. The van der Waals surface area contributed by atoms with E-state index in [1.54, 1.807) is 24.1 Å². The summed E-state index contributed by atoms with van der Waals surface area (Å²) < 4.78 is 1.64. The van der Waals surface area contributed by atoms with Crippen LogP contribution in [0, 0.1) is 5.92 Å². The summed E-state index contributed by atoms with van der Waals surface area (Å²) in [6.45, 7) is 3.69. The van der Waals surface area contributed by atoms with Crippen molar-refractivity contribution in [1.29, 1.82) is 0 Å². The van der Waals surface area contributed by atoms with Gasteiger partial charge in [-0.3, -0.25) is 9.48 Å². The minimum Gasteiger partial charge on any atom is -0.318 e. The van der Waals surface area contributed by atoms with Crippen molar-refractivity contribution in [1.82, 2.24) is 9.78 Å². The molecular weight excluding hydrogens is 166 g/mol. The number of ketones is 1. The maximum Gasteiger partial charge on any atom is 0.156 e. The number of nitrogens with zero attached hydrogens (tertiary/aromatic N) is 2. The lowest BCUT2D eigenvalue weighted by Gasteiger charge is -2.10. The van der Waals surface area contributed by atoms with Crippen LogP contribution < -0.4 is 5.73 Å². The summed E-state index contributed by atoms with van der Waals surface area (Å²) in [7, 11) is 1.80. The highest BCUT2D eigenvalue weighted by Gasteiger charge is 2.19. The van der Waals surface area contributed by atoms with Crippen LogP contribution >= 0.6 is 0 Å². The highest BCUT2D eigenvalue weighted by molar-refractivity contribution is 5.86. The van der Waals surface area contributed by atoms with Crippen molar-refractivity contribution in [2.75, 3.05) is 0 Å². The Morgan fingerprint density at radius 2 is 2.23 bits per heavy atom. The van der Waals surface area contributed by atoms with Crippen molar-refractivity contribution < 1.29 is 4.79 Å². The molecule has 0 aliphatic carbocycles. The van der Waals surface area contributed by atoms with Crippen molar-refractivity contribution in [3.05, 3.63) is 18.0 Å². The zero-order valence-corrected chi connectivity index (χ0v) is 8.19. The number of aromatic nitrogens is 2. The molecule has 1 aromatic rings. The molecule has 0 aliphatic heterocycles. The summed E-state index contributed by atoms with van der Waals surface area (Å²) in [5.41, 5.74) is 6.53. The van der Waals surface area contributed by atoms with Crippen LogP contribution in [0.25, 0.3) is 0 Å². The Bertz CT molecular complexity index is 304. The van der Waals surface area contributed by atoms with Gasteiger partial charge in [0.1, 0.15) is 0 Å². The monoisotopic (exact) mass is 181 g/mol. The molecule has 0 aromatic carbocycles. The Hall–Kier alpha value is -1.16. The lowest BCUT2D eigenvalue weighted by molar-refractivity contribution is -0.123. The van der Waals surface area contributed by atoms with E-state index >= 15 is 0 Å². The summed E-state index contributed by atoms with van der Waals surface area (Å²) >= 11 is 0. The molecule has 72 valence electrons. The van der Waals surface area contributed by atoms with Gasteiger partial charge in [0.05, 0.1) is 12.2 Å². The van der Waals surface area contributed by atoms with Gasteiger partial charge in [0.15, 0.2) is 5.78 Å². The first-order valence-corrected chi connectivity index (χ1v) is 4.30. The first kappa shape index (κ1) is 9.92. The third-order valence-electron chi connectivity index (χ3n) is 1.96. The summed E-state index contributed by atoms with van der Waals surface area (Å²) in [6, 6.07) is -0.534. The van der Waals surface area contributed by atoms with Crippen LogP contribution in [0.5, 0.6) is 0 Å². The highest BCUT2D eigenvalue weighted by atomic mass is 16.1. The molecule has 1 rings (SSSR count). The second-order valence-electron chi connectivity index (χ2n) is 3.48. The number of carbonyl (C=O) groups is 1. The Labute approximate surface area is 77.7 Å². The molecule has 0 saturated carbocycles. The first-order valence-electron chi connectivity index (χ1n) is 4.30. The molecule has 4 nitrogen and oxygen atoms in total. The molecule has 1 atom stereocenters. The molecule has 0 aliphatic rings. The zero-order valence-electron chi connectivity index (χ0n) is 8.19. The van der Waals surface area contributed by atoms with Gasteiger partial charge in [-0.25, -0.2) is 0 Å². The van der Waals surface area contributed by atoms with Gasteiger partial charge in [0.2, 0.25) is 0 Å². The highest BCUT2D eigenvalue weighted by Crippen LogP contribution is 2.13. The van der Waals surface area contributed by atoms with Gasteiger partial charge in [-0.2, -0.15) is 5.10 Å². The Morgan fingerprint density at radius 1 is 1.62 bits per heavy atom. The average Bonchev–Trinajstić information content (AvgIpc) is 2.49. The summed E-state index contributed by atoms with van der Waals surface area (Å²) in [6.07, 6.45) is 3.40. The van der Waals surface area contributed by atoms with Crippen LogP contribution in [0.2, 0.25) is 0 Å². The van der Waals surface area contributed by atoms with Crippen molar-refractivity contribution in [2.45, 2.75) is 19.9 Å². The molecule has 1 aromatic heterocycles. The van der Waals surface area contributed by atoms with Crippen molar-refractivity contribution in [3.63, 3.8) is 0 Å². The molecule has 0 amide bonds. The Kier molecular flexibility index (Phi) is 2.83. The lowest BCUT2D eigenvalue weighted by atomic mass is 9.99. The SMILES string of the molecule is CC(C)C(=O)C(N)c1cnn(C)c1. The number of hydrogen-bond acceptors (Lipinski definition) is 3. The molecule has 1 unspecified atom stereocenters. The molecule has 0 spiro atoms. The number of hydrogen-bond donors (Lipinski definition) is 1. The number of Topliss-reactive ketones (excluding diaryl/α,β-unsaturated/α-hetero) is 1. The Balaban J connectivity index is 2.79. The summed E-state index contributed by atoms with van der Waals surface area (Å²) in [4.78, 5) is 11.5. The van der Waals surface area contributed by atoms with Gasteiger partial charge in [-0.1, -0.05) is 13.8 Å². The van der Waals surface area contributed by atoms with E-state index in [0.29, 0.717) is 0 Å². The predicted molar refractivity (Wildman–Crippen MR) is 50.0 cm³/mol. The lowest BCUT2D eigenvalue weighted by Crippen LogP contribution is -2.24. The molecule has 2 N–H and O–H groups in total.